The van der Waals surface area contributed by atoms with Gasteiger partial charge in [-0.3, -0.25) is 9.59 Å². The molecule has 2 amide bonds. The number of hydrogen-bond donors (Lipinski definition) is 1. The molecule has 0 aliphatic rings. The van der Waals surface area contributed by atoms with Crippen LogP contribution in [-0.2, 0) is 15.0 Å². The molecule has 1 aromatic heterocycles. The highest BCUT2D eigenvalue weighted by molar-refractivity contribution is 5.94. The van der Waals surface area contributed by atoms with Gasteiger partial charge in [-0.25, -0.2) is 4.68 Å². The van der Waals surface area contributed by atoms with Crippen molar-refractivity contribution in [2.75, 3.05) is 25.5 Å². The average molecular weight is 485 g/mol. The second-order valence-electron chi connectivity index (χ2n) is 10.2. The standard InChI is InChI=1S/C28H44N4O3/c1-7-9-11-12-13-14-27(34)31(19-10-8-2)21-26(33)29-25-20-24(28(3,4)5)30-32(25)22-15-17-23(35-6)18-16-22/h15-18,20H,7-14,19,21H2,1-6H3,(H,29,33). The first-order chi connectivity index (χ1) is 16.7. The second kappa shape index (κ2) is 13.9. The topological polar surface area (TPSA) is 76.5 Å². The summed E-state index contributed by atoms with van der Waals surface area (Å²) >= 11 is 0. The van der Waals surface area contributed by atoms with E-state index in [-0.39, 0.29) is 23.8 Å². The van der Waals surface area contributed by atoms with Gasteiger partial charge in [0.25, 0.3) is 0 Å². The van der Waals surface area contributed by atoms with E-state index in [1.807, 2.05) is 30.3 Å². The molecule has 0 atom stereocenters. The summed E-state index contributed by atoms with van der Waals surface area (Å²) in [6.45, 7) is 11.2. The van der Waals surface area contributed by atoms with Crippen molar-refractivity contribution in [3.8, 4) is 11.4 Å². The Kier molecular flexibility index (Phi) is 11.3. The number of anilines is 1. The van der Waals surface area contributed by atoms with E-state index in [2.05, 4.69) is 39.9 Å². The lowest BCUT2D eigenvalue weighted by atomic mass is 9.92. The highest BCUT2D eigenvalue weighted by Crippen LogP contribution is 2.27. The van der Waals surface area contributed by atoms with Crippen LogP contribution < -0.4 is 10.1 Å². The minimum Gasteiger partial charge on any atom is -0.497 e. The third-order valence-corrected chi connectivity index (χ3v) is 6.03. The number of rotatable bonds is 14. The molecule has 1 N–H and O–H groups in total. The maximum Gasteiger partial charge on any atom is 0.245 e. The van der Waals surface area contributed by atoms with E-state index in [0.29, 0.717) is 18.8 Å². The van der Waals surface area contributed by atoms with Crippen LogP contribution in [0.4, 0.5) is 5.82 Å². The molecule has 7 nitrogen and oxygen atoms in total. The Labute approximate surface area is 211 Å². The van der Waals surface area contributed by atoms with Crippen molar-refractivity contribution in [3.05, 3.63) is 36.0 Å². The maximum absolute atomic E-state index is 13.1. The lowest BCUT2D eigenvalue weighted by Gasteiger charge is -2.22. The Hall–Kier alpha value is -2.83. The van der Waals surface area contributed by atoms with Gasteiger partial charge in [-0.05, 0) is 37.1 Å². The van der Waals surface area contributed by atoms with Gasteiger partial charge in [-0.2, -0.15) is 5.10 Å². The number of benzene rings is 1. The third kappa shape index (κ3) is 9.04. The summed E-state index contributed by atoms with van der Waals surface area (Å²) in [7, 11) is 1.63. The molecule has 1 aromatic carbocycles. The smallest absolute Gasteiger partial charge is 0.245 e. The summed E-state index contributed by atoms with van der Waals surface area (Å²) < 4.78 is 7.01. The summed E-state index contributed by atoms with van der Waals surface area (Å²) in [6, 6.07) is 9.46. The summed E-state index contributed by atoms with van der Waals surface area (Å²) in [4.78, 5) is 27.7. The van der Waals surface area contributed by atoms with E-state index in [1.54, 1.807) is 16.7 Å². The molecule has 2 aromatic rings. The van der Waals surface area contributed by atoms with Crippen molar-refractivity contribution in [3.63, 3.8) is 0 Å². The molecule has 0 saturated carbocycles. The molecule has 0 unspecified atom stereocenters. The summed E-state index contributed by atoms with van der Waals surface area (Å²) in [5.74, 6) is 1.19. The Bertz CT molecular complexity index is 929. The van der Waals surface area contributed by atoms with Gasteiger partial charge in [0.15, 0.2) is 0 Å². The van der Waals surface area contributed by atoms with Crippen molar-refractivity contribution >= 4 is 17.6 Å². The van der Waals surface area contributed by atoms with E-state index < -0.39 is 0 Å². The molecule has 0 saturated heterocycles. The first-order valence-electron chi connectivity index (χ1n) is 13.0. The zero-order chi connectivity index (χ0) is 25.8. The van der Waals surface area contributed by atoms with Gasteiger partial charge in [0.1, 0.15) is 11.6 Å². The molecule has 1 heterocycles. The molecule has 7 heteroatoms. The van der Waals surface area contributed by atoms with Crippen LogP contribution in [0.25, 0.3) is 5.69 Å². The predicted octanol–water partition coefficient (Wildman–Crippen LogP) is 6.11. The normalized spacial score (nSPS) is 11.4. The zero-order valence-corrected chi connectivity index (χ0v) is 22.5. The minimum atomic E-state index is -0.212. The molecule has 35 heavy (non-hydrogen) atoms. The van der Waals surface area contributed by atoms with Crippen LogP contribution in [-0.4, -0.2) is 46.7 Å². The minimum absolute atomic E-state index is 0.0481. The third-order valence-electron chi connectivity index (χ3n) is 6.03. The molecule has 0 aliphatic heterocycles. The summed E-state index contributed by atoms with van der Waals surface area (Å²) in [5.41, 5.74) is 1.51. The number of carbonyl (C=O) groups excluding carboxylic acids is 2. The Morgan fingerprint density at radius 1 is 1.00 bits per heavy atom. The van der Waals surface area contributed by atoms with Crippen LogP contribution in [0, 0.1) is 0 Å². The number of ether oxygens (including phenoxy) is 1. The van der Waals surface area contributed by atoms with Gasteiger partial charge in [0.05, 0.1) is 25.0 Å². The van der Waals surface area contributed by atoms with E-state index >= 15 is 0 Å². The van der Waals surface area contributed by atoms with Gasteiger partial charge in [-0.1, -0.05) is 66.7 Å². The Balaban J connectivity index is 2.15. The van der Waals surface area contributed by atoms with Crippen LogP contribution in [0.1, 0.15) is 91.7 Å². The number of nitrogens with one attached hydrogen (secondary N) is 1. The zero-order valence-electron chi connectivity index (χ0n) is 22.5. The fraction of sp³-hybridized carbons (Fsp3) is 0.607. The first kappa shape index (κ1) is 28.4. The first-order valence-corrected chi connectivity index (χ1v) is 13.0. The van der Waals surface area contributed by atoms with E-state index in [0.717, 1.165) is 49.2 Å². The number of nitrogens with zero attached hydrogens (tertiary/aromatic N) is 3. The number of aromatic nitrogens is 2. The van der Waals surface area contributed by atoms with Gasteiger partial charge in [0, 0.05) is 24.4 Å². The van der Waals surface area contributed by atoms with Gasteiger partial charge in [-0.15, -0.1) is 0 Å². The molecular formula is C28H44N4O3. The SMILES string of the molecule is CCCCCCCC(=O)N(CCCC)CC(=O)Nc1cc(C(C)(C)C)nn1-c1ccc(OC)cc1. The summed E-state index contributed by atoms with van der Waals surface area (Å²) in [5, 5.41) is 7.78. The fourth-order valence-corrected chi connectivity index (χ4v) is 3.79. The van der Waals surface area contributed by atoms with Crippen LogP contribution in [0.5, 0.6) is 5.75 Å². The maximum atomic E-state index is 13.1. The van der Waals surface area contributed by atoms with Crippen LogP contribution in [0.2, 0.25) is 0 Å². The number of amides is 2. The lowest BCUT2D eigenvalue weighted by Crippen LogP contribution is -2.38. The van der Waals surface area contributed by atoms with Crippen molar-refractivity contribution in [2.45, 2.75) is 91.4 Å². The molecule has 0 fully saturated rings. The van der Waals surface area contributed by atoms with Crippen molar-refractivity contribution in [1.82, 2.24) is 14.7 Å². The number of unbranched alkanes of at least 4 members (excludes halogenated alkanes) is 5. The van der Waals surface area contributed by atoms with Gasteiger partial charge >= 0.3 is 0 Å². The number of methoxy groups -OCH3 is 1. The largest absolute Gasteiger partial charge is 0.497 e. The van der Waals surface area contributed by atoms with Crippen LogP contribution >= 0.6 is 0 Å². The van der Waals surface area contributed by atoms with Crippen LogP contribution in [0.3, 0.4) is 0 Å². The highest BCUT2D eigenvalue weighted by Gasteiger charge is 2.23. The molecule has 0 spiro atoms. The van der Waals surface area contributed by atoms with E-state index in [1.165, 1.54) is 12.8 Å². The van der Waals surface area contributed by atoms with Crippen LogP contribution in [0.15, 0.2) is 30.3 Å². The Morgan fingerprint density at radius 3 is 2.26 bits per heavy atom. The monoisotopic (exact) mass is 484 g/mol. The Morgan fingerprint density at radius 2 is 1.66 bits per heavy atom. The highest BCUT2D eigenvalue weighted by atomic mass is 16.5. The molecule has 194 valence electrons. The van der Waals surface area contributed by atoms with E-state index in [4.69, 9.17) is 9.84 Å². The molecule has 0 radical (unpaired) electrons. The van der Waals surface area contributed by atoms with E-state index in [9.17, 15) is 9.59 Å². The van der Waals surface area contributed by atoms with Gasteiger partial charge in [0.2, 0.25) is 11.8 Å². The van der Waals surface area contributed by atoms with Crippen molar-refractivity contribution in [1.29, 1.82) is 0 Å². The van der Waals surface area contributed by atoms with Crippen molar-refractivity contribution in [2.24, 2.45) is 0 Å². The summed E-state index contributed by atoms with van der Waals surface area (Å²) in [6.07, 6.45) is 7.83. The molecule has 2 rings (SSSR count). The molecule has 0 aliphatic carbocycles. The van der Waals surface area contributed by atoms with Crippen molar-refractivity contribution < 1.29 is 14.3 Å². The van der Waals surface area contributed by atoms with Gasteiger partial charge < -0.3 is 15.0 Å². The average Bonchev–Trinajstić information content (AvgIpc) is 3.25. The second-order valence-corrected chi connectivity index (χ2v) is 10.2. The lowest BCUT2D eigenvalue weighted by molar-refractivity contribution is -0.134. The molecular weight excluding hydrogens is 440 g/mol. The predicted molar refractivity (Wildman–Crippen MR) is 142 cm³/mol. The fourth-order valence-electron chi connectivity index (χ4n) is 3.79. The quantitative estimate of drug-likeness (QED) is 0.328. The molecule has 0 bridgehead atoms. The number of carbonyl (C=O) groups is 2. The number of hydrogen-bond acceptors (Lipinski definition) is 4.